The van der Waals surface area contributed by atoms with Crippen LogP contribution in [0.2, 0.25) is 10.0 Å². The molecule has 1 aliphatic heterocycles. The molecule has 0 aliphatic carbocycles. The highest BCUT2D eigenvalue weighted by Gasteiger charge is 2.18. The molecule has 6 nitrogen and oxygen atoms in total. The molecule has 0 radical (unpaired) electrons. The number of rotatable bonds is 4. The van der Waals surface area contributed by atoms with E-state index in [1.807, 2.05) is 0 Å². The predicted octanol–water partition coefficient (Wildman–Crippen LogP) is 1.17. The number of halogens is 2. The Labute approximate surface area is 129 Å². The number of benzene rings is 1. The zero-order valence-corrected chi connectivity index (χ0v) is 12.5. The van der Waals surface area contributed by atoms with Crippen molar-refractivity contribution in [3.05, 3.63) is 28.2 Å². The van der Waals surface area contributed by atoms with E-state index in [0.29, 0.717) is 15.7 Å². The predicted molar refractivity (Wildman–Crippen MR) is 80.6 cm³/mol. The van der Waals surface area contributed by atoms with Crippen LogP contribution >= 0.6 is 35.0 Å². The number of nitrogens with one attached hydrogen (secondary N) is 4. The van der Waals surface area contributed by atoms with Gasteiger partial charge < -0.3 is 10.6 Å². The maximum atomic E-state index is 11.8. The van der Waals surface area contributed by atoms with Crippen molar-refractivity contribution in [2.24, 2.45) is 0 Å². The van der Waals surface area contributed by atoms with Gasteiger partial charge in [-0.3, -0.25) is 9.59 Å². The highest BCUT2D eigenvalue weighted by atomic mass is 35.5. The van der Waals surface area contributed by atoms with E-state index in [0.717, 1.165) is 0 Å². The standard InChI is InChI=1S/C11H12Cl2N4O2S/c12-6-2-1-3-7(10(6)13)15-9(19)5-20-11-16-8(18)4-14-17-11/h1-3,11,14,17H,4-5H2,(H,15,19)(H,16,18). The first-order valence-corrected chi connectivity index (χ1v) is 7.50. The van der Waals surface area contributed by atoms with Crippen LogP contribution in [0.4, 0.5) is 5.69 Å². The van der Waals surface area contributed by atoms with Crippen LogP contribution in [0.3, 0.4) is 0 Å². The Morgan fingerprint density at radius 2 is 2.25 bits per heavy atom. The smallest absolute Gasteiger partial charge is 0.237 e. The second-order valence-corrected chi connectivity index (χ2v) is 5.78. The molecule has 2 rings (SSSR count). The van der Waals surface area contributed by atoms with Gasteiger partial charge in [-0.05, 0) is 12.1 Å². The third-order valence-electron chi connectivity index (χ3n) is 2.38. The molecule has 1 atom stereocenters. The van der Waals surface area contributed by atoms with Gasteiger partial charge in [-0.25, -0.2) is 10.9 Å². The van der Waals surface area contributed by atoms with Gasteiger partial charge in [0.1, 0.15) is 5.50 Å². The Balaban J connectivity index is 1.83. The average Bonchev–Trinajstić information content (AvgIpc) is 2.42. The van der Waals surface area contributed by atoms with E-state index >= 15 is 0 Å². The van der Waals surface area contributed by atoms with E-state index in [4.69, 9.17) is 23.2 Å². The number of carbonyl (C=O) groups is 2. The van der Waals surface area contributed by atoms with Gasteiger partial charge >= 0.3 is 0 Å². The van der Waals surface area contributed by atoms with Crippen LogP contribution in [0.25, 0.3) is 0 Å². The van der Waals surface area contributed by atoms with E-state index in [9.17, 15) is 9.59 Å². The van der Waals surface area contributed by atoms with Crippen molar-refractivity contribution < 1.29 is 9.59 Å². The summed E-state index contributed by atoms with van der Waals surface area (Å²) in [7, 11) is 0. The Hall–Kier alpha value is -0.990. The normalized spacial score (nSPS) is 18.5. The fraction of sp³-hybridized carbons (Fsp3) is 0.273. The number of hydrogen-bond donors (Lipinski definition) is 4. The molecule has 1 aromatic rings. The fourth-order valence-electron chi connectivity index (χ4n) is 1.49. The summed E-state index contributed by atoms with van der Waals surface area (Å²) in [6, 6.07) is 5.00. The molecule has 20 heavy (non-hydrogen) atoms. The summed E-state index contributed by atoms with van der Waals surface area (Å²) in [5.41, 5.74) is 5.68. The molecule has 2 amide bonds. The molecule has 4 N–H and O–H groups in total. The van der Waals surface area contributed by atoms with Crippen LogP contribution in [-0.2, 0) is 9.59 Å². The van der Waals surface area contributed by atoms with Gasteiger partial charge in [0, 0.05) is 0 Å². The maximum Gasteiger partial charge on any atom is 0.237 e. The van der Waals surface area contributed by atoms with Crippen LogP contribution in [0.1, 0.15) is 0 Å². The van der Waals surface area contributed by atoms with Crippen LogP contribution in [0.5, 0.6) is 0 Å². The zero-order valence-electron chi connectivity index (χ0n) is 10.2. The number of anilines is 1. The largest absolute Gasteiger partial charge is 0.330 e. The molecule has 0 bridgehead atoms. The first-order valence-electron chi connectivity index (χ1n) is 5.69. The molecule has 1 aromatic carbocycles. The van der Waals surface area contributed by atoms with Crippen molar-refractivity contribution >= 4 is 52.5 Å². The van der Waals surface area contributed by atoms with E-state index in [1.165, 1.54) is 11.8 Å². The number of hydrazine groups is 1. The van der Waals surface area contributed by atoms with Crippen molar-refractivity contribution in [2.75, 3.05) is 17.6 Å². The summed E-state index contributed by atoms with van der Waals surface area (Å²) in [6.45, 7) is 0.210. The van der Waals surface area contributed by atoms with Crippen molar-refractivity contribution in [3.8, 4) is 0 Å². The molecule has 1 unspecified atom stereocenters. The van der Waals surface area contributed by atoms with Gasteiger partial charge in [0.25, 0.3) is 0 Å². The monoisotopic (exact) mass is 334 g/mol. The molecule has 0 saturated carbocycles. The van der Waals surface area contributed by atoms with Gasteiger partial charge in [0.05, 0.1) is 28.0 Å². The maximum absolute atomic E-state index is 11.8. The average molecular weight is 335 g/mol. The van der Waals surface area contributed by atoms with Gasteiger partial charge in [0.2, 0.25) is 11.8 Å². The fourth-order valence-corrected chi connectivity index (χ4v) is 2.61. The minimum Gasteiger partial charge on any atom is -0.330 e. The van der Waals surface area contributed by atoms with Gasteiger partial charge in [-0.2, -0.15) is 0 Å². The molecule has 1 fully saturated rings. The van der Waals surface area contributed by atoms with Crippen molar-refractivity contribution in [3.63, 3.8) is 0 Å². The van der Waals surface area contributed by atoms with Crippen molar-refractivity contribution in [1.82, 2.24) is 16.2 Å². The quantitative estimate of drug-likeness (QED) is 0.664. The summed E-state index contributed by atoms with van der Waals surface area (Å²) < 4.78 is 0. The van der Waals surface area contributed by atoms with E-state index in [1.54, 1.807) is 18.2 Å². The highest BCUT2D eigenvalue weighted by molar-refractivity contribution is 8.00. The highest BCUT2D eigenvalue weighted by Crippen LogP contribution is 2.29. The molecule has 0 aromatic heterocycles. The Kier molecular flexibility index (Phi) is 5.50. The van der Waals surface area contributed by atoms with E-state index in [-0.39, 0.29) is 29.6 Å². The van der Waals surface area contributed by atoms with Crippen LogP contribution in [0, 0.1) is 0 Å². The minimum atomic E-state index is -0.350. The lowest BCUT2D eigenvalue weighted by Crippen LogP contribution is -2.58. The third kappa shape index (κ3) is 4.26. The van der Waals surface area contributed by atoms with E-state index in [2.05, 4.69) is 21.5 Å². The molecule has 108 valence electrons. The second-order valence-electron chi connectivity index (χ2n) is 3.91. The minimum absolute atomic E-state index is 0.125. The Morgan fingerprint density at radius 1 is 1.45 bits per heavy atom. The Morgan fingerprint density at radius 3 is 3.00 bits per heavy atom. The summed E-state index contributed by atoms with van der Waals surface area (Å²) in [4.78, 5) is 22.9. The third-order valence-corrected chi connectivity index (χ3v) is 4.20. The van der Waals surface area contributed by atoms with E-state index < -0.39 is 0 Å². The SMILES string of the molecule is O=C(CSC1NNCC(=O)N1)Nc1cccc(Cl)c1Cl. The lowest BCUT2D eigenvalue weighted by molar-refractivity contribution is -0.122. The zero-order chi connectivity index (χ0) is 14.5. The number of hydrogen-bond acceptors (Lipinski definition) is 5. The summed E-state index contributed by atoms with van der Waals surface area (Å²) in [6.07, 6.45) is 0. The molecule has 9 heteroatoms. The van der Waals surface area contributed by atoms with Gasteiger partial charge in [0.15, 0.2) is 0 Å². The molecule has 1 heterocycles. The summed E-state index contributed by atoms with van der Waals surface area (Å²) in [5.74, 6) is -0.206. The summed E-state index contributed by atoms with van der Waals surface area (Å²) in [5, 5.41) is 6.03. The first kappa shape index (κ1) is 15.4. The number of thioether (sulfide) groups is 1. The number of carbonyl (C=O) groups excluding carboxylic acids is 2. The molecular formula is C11H12Cl2N4O2S. The van der Waals surface area contributed by atoms with Crippen molar-refractivity contribution in [2.45, 2.75) is 5.50 Å². The first-order chi connectivity index (χ1) is 9.56. The van der Waals surface area contributed by atoms with Crippen molar-refractivity contribution in [1.29, 1.82) is 0 Å². The molecule has 1 saturated heterocycles. The van der Waals surface area contributed by atoms with Crippen LogP contribution in [0.15, 0.2) is 18.2 Å². The van der Waals surface area contributed by atoms with Crippen LogP contribution in [-0.4, -0.2) is 29.6 Å². The van der Waals surface area contributed by atoms with Gasteiger partial charge in [-0.1, -0.05) is 29.3 Å². The molecular weight excluding hydrogens is 323 g/mol. The van der Waals surface area contributed by atoms with Gasteiger partial charge in [-0.15, -0.1) is 11.8 Å². The molecule has 1 aliphatic rings. The molecule has 0 spiro atoms. The lowest BCUT2D eigenvalue weighted by atomic mass is 10.3. The number of amides is 2. The summed E-state index contributed by atoms with van der Waals surface area (Å²) >= 11 is 13.1. The topological polar surface area (TPSA) is 82.3 Å². The Bertz CT molecular complexity index is 529. The van der Waals surface area contributed by atoms with Crippen LogP contribution < -0.4 is 21.5 Å². The lowest BCUT2D eigenvalue weighted by Gasteiger charge is -2.24. The second kappa shape index (κ2) is 7.14.